The van der Waals surface area contributed by atoms with Gasteiger partial charge in [0.15, 0.2) is 35.9 Å². The number of hydrogen-bond donors (Lipinski definition) is 0. The third-order valence-electron chi connectivity index (χ3n) is 3.27. The highest BCUT2D eigenvalue weighted by Crippen LogP contribution is 2.38. The zero-order valence-electron chi connectivity index (χ0n) is 11.0. The molecule has 3 rings (SSSR count). The van der Waals surface area contributed by atoms with Gasteiger partial charge in [0.1, 0.15) is 6.10 Å². The van der Waals surface area contributed by atoms with Gasteiger partial charge in [-0.25, -0.2) is 0 Å². The van der Waals surface area contributed by atoms with Gasteiger partial charge >= 0.3 is 0 Å². The smallest absolute Gasteiger partial charge is 0.198 e. The maximum Gasteiger partial charge on any atom is 0.198 e. The summed E-state index contributed by atoms with van der Waals surface area (Å²) < 4.78 is 27.7. The summed E-state index contributed by atoms with van der Waals surface area (Å²) in [6, 6.07) is 0. The van der Waals surface area contributed by atoms with Crippen LogP contribution in [0, 0.1) is 0 Å². The third kappa shape index (κ3) is 1.98. The summed E-state index contributed by atoms with van der Waals surface area (Å²) in [6.45, 7) is 7.48. The molecule has 6 nitrogen and oxygen atoms in total. The average molecular weight is 258 g/mol. The molecule has 0 unspecified atom stereocenters. The van der Waals surface area contributed by atoms with Crippen molar-refractivity contribution in [1.29, 1.82) is 0 Å². The number of fused-ring (bicyclic) bond motifs is 1. The van der Waals surface area contributed by atoms with Gasteiger partial charge in [-0.2, -0.15) is 0 Å². The number of hydrogen-bond acceptors (Lipinski definition) is 6. The number of carbonyl (C=O) groups is 1. The fourth-order valence-electron chi connectivity index (χ4n) is 2.53. The van der Waals surface area contributed by atoms with Crippen molar-refractivity contribution in [1.82, 2.24) is 0 Å². The molecule has 3 saturated heterocycles. The van der Waals surface area contributed by atoms with Gasteiger partial charge in [-0.3, -0.25) is 4.79 Å². The maximum absolute atomic E-state index is 12.2. The largest absolute Gasteiger partial charge is 0.348 e. The van der Waals surface area contributed by atoms with Crippen LogP contribution in [0.5, 0.6) is 0 Å². The van der Waals surface area contributed by atoms with E-state index < -0.39 is 36.2 Å². The summed E-state index contributed by atoms with van der Waals surface area (Å²) in [5.74, 6) is -1.58. The molecule has 0 amide bonds. The minimum atomic E-state index is -0.776. The highest BCUT2D eigenvalue weighted by atomic mass is 16.8. The fourth-order valence-corrected chi connectivity index (χ4v) is 2.53. The molecule has 3 aliphatic heterocycles. The van der Waals surface area contributed by atoms with E-state index in [-0.39, 0.29) is 5.78 Å². The lowest BCUT2D eigenvalue weighted by Gasteiger charge is -2.23. The summed E-state index contributed by atoms with van der Waals surface area (Å²) in [6.07, 6.45) is -2.35. The van der Waals surface area contributed by atoms with Gasteiger partial charge in [0.25, 0.3) is 0 Å². The Balaban J connectivity index is 1.70. The van der Waals surface area contributed by atoms with E-state index in [2.05, 4.69) is 0 Å². The van der Waals surface area contributed by atoms with Gasteiger partial charge in [0.2, 0.25) is 0 Å². The Morgan fingerprint density at radius 2 is 1.72 bits per heavy atom. The Morgan fingerprint density at radius 3 is 2.28 bits per heavy atom. The van der Waals surface area contributed by atoms with Gasteiger partial charge in [-0.1, -0.05) is 0 Å². The van der Waals surface area contributed by atoms with Crippen LogP contribution in [0.2, 0.25) is 0 Å². The number of Topliss-reactive ketones (excluding diaryl/α,β-unsaturated/α-hetero) is 1. The van der Waals surface area contributed by atoms with E-state index in [1.807, 2.05) is 13.8 Å². The second-order valence-corrected chi connectivity index (χ2v) is 5.75. The first-order valence-corrected chi connectivity index (χ1v) is 6.14. The second kappa shape index (κ2) is 3.74. The van der Waals surface area contributed by atoms with E-state index in [9.17, 15) is 4.79 Å². The van der Waals surface area contributed by atoms with E-state index in [4.69, 9.17) is 23.7 Å². The maximum atomic E-state index is 12.2. The molecular weight excluding hydrogens is 240 g/mol. The molecule has 18 heavy (non-hydrogen) atoms. The van der Waals surface area contributed by atoms with Crippen molar-refractivity contribution in [2.75, 3.05) is 6.61 Å². The summed E-state index contributed by atoms with van der Waals surface area (Å²) in [5, 5.41) is 0. The van der Waals surface area contributed by atoms with E-state index in [1.54, 1.807) is 13.8 Å². The van der Waals surface area contributed by atoms with Crippen molar-refractivity contribution in [3.05, 3.63) is 0 Å². The molecule has 3 heterocycles. The van der Waals surface area contributed by atoms with Crippen molar-refractivity contribution >= 4 is 5.78 Å². The number of ketones is 1. The molecule has 0 spiro atoms. The van der Waals surface area contributed by atoms with Gasteiger partial charge in [-0.15, -0.1) is 0 Å². The zero-order chi connectivity index (χ0) is 13.1. The summed E-state index contributed by atoms with van der Waals surface area (Å²) in [7, 11) is 0. The normalized spacial score (nSPS) is 45.4. The first kappa shape index (κ1) is 12.5. The second-order valence-electron chi connectivity index (χ2n) is 5.75. The molecule has 3 aliphatic rings. The molecule has 0 aliphatic carbocycles. The summed E-state index contributed by atoms with van der Waals surface area (Å²) in [5.41, 5.74) is 0. The minimum absolute atomic E-state index is 0.128. The van der Waals surface area contributed by atoms with Gasteiger partial charge < -0.3 is 23.7 Å². The molecule has 0 radical (unpaired) electrons. The lowest BCUT2D eigenvalue weighted by Crippen LogP contribution is -2.39. The van der Waals surface area contributed by atoms with Gasteiger partial charge in [-0.05, 0) is 27.7 Å². The van der Waals surface area contributed by atoms with Crippen molar-refractivity contribution in [3.63, 3.8) is 0 Å². The lowest BCUT2D eigenvalue weighted by molar-refractivity contribution is -0.219. The molecule has 0 aromatic carbocycles. The van der Waals surface area contributed by atoms with Crippen LogP contribution in [-0.4, -0.2) is 48.6 Å². The molecule has 0 aromatic heterocycles. The van der Waals surface area contributed by atoms with E-state index in [0.29, 0.717) is 6.61 Å². The van der Waals surface area contributed by atoms with Gasteiger partial charge in [0.05, 0.1) is 6.61 Å². The molecule has 6 heteroatoms. The van der Waals surface area contributed by atoms with E-state index >= 15 is 0 Å². The Kier molecular flexibility index (Phi) is 2.60. The Hall–Kier alpha value is -0.530. The molecule has 0 saturated carbocycles. The number of ether oxygens (including phenoxy) is 5. The van der Waals surface area contributed by atoms with Crippen LogP contribution in [0.25, 0.3) is 0 Å². The fraction of sp³-hybridized carbons (Fsp3) is 0.917. The topological polar surface area (TPSA) is 63.2 Å². The van der Waals surface area contributed by atoms with Crippen LogP contribution in [0.4, 0.5) is 0 Å². The van der Waals surface area contributed by atoms with E-state index in [1.165, 1.54) is 0 Å². The minimum Gasteiger partial charge on any atom is -0.348 e. The van der Waals surface area contributed by atoms with Gasteiger partial charge in [0, 0.05) is 0 Å². The molecule has 102 valence electrons. The number of carbonyl (C=O) groups excluding carboxylic acids is 1. The van der Waals surface area contributed by atoms with Crippen LogP contribution in [-0.2, 0) is 28.5 Å². The first-order chi connectivity index (χ1) is 8.27. The Bertz CT molecular complexity index is 377. The zero-order valence-corrected chi connectivity index (χ0v) is 11.0. The van der Waals surface area contributed by atoms with Crippen LogP contribution < -0.4 is 0 Å². The molecule has 0 bridgehead atoms. The highest BCUT2D eigenvalue weighted by molar-refractivity contribution is 5.90. The van der Waals surface area contributed by atoms with Crippen LogP contribution >= 0.6 is 0 Å². The quantitative estimate of drug-likeness (QED) is 0.685. The highest BCUT2D eigenvalue weighted by Gasteiger charge is 2.57. The number of rotatable bonds is 1. The Morgan fingerprint density at radius 1 is 1.00 bits per heavy atom. The molecule has 0 N–H and O–H groups in total. The van der Waals surface area contributed by atoms with Crippen molar-refractivity contribution in [3.8, 4) is 0 Å². The van der Waals surface area contributed by atoms with E-state index in [0.717, 1.165) is 0 Å². The van der Waals surface area contributed by atoms with Crippen molar-refractivity contribution < 1.29 is 28.5 Å². The van der Waals surface area contributed by atoms with Crippen LogP contribution in [0.1, 0.15) is 27.7 Å². The first-order valence-electron chi connectivity index (χ1n) is 6.14. The molecule has 4 atom stereocenters. The van der Waals surface area contributed by atoms with Crippen LogP contribution in [0.15, 0.2) is 0 Å². The predicted molar refractivity (Wildman–Crippen MR) is 58.6 cm³/mol. The standard InChI is InChI=1S/C12H18O6/c1-11(2)14-5-6(16-11)8-7(13)9-10(15-8)18-12(3,4)17-9/h6,8-10H,5H2,1-4H3/t6-,8+,9+,10+/m0/s1. The monoisotopic (exact) mass is 258 g/mol. The molecule has 0 aromatic rings. The Labute approximate surface area is 105 Å². The lowest BCUT2D eigenvalue weighted by atomic mass is 10.1. The SMILES string of the molecule is CC1(C)OC[C@@H]([C@H]2O[C@@H]3OC(C)(C)O[C@@H]3C2=O)O1. The van der Waals surface area contributed by atoms with Crippen molar-refractivity contribution in [2.24, 2.45) is 0 Å². The summed E-state index contributed by atoms with van der Waals surface area (Å²) in [4.78, 5) is 12.2. The van der Waals surface area contributed by atoms with Crippen molar-refractivity contribution in [2.45, 2.75) is 63.9 Å². The van der Waals surface area contributed by atoms with Crippen LogP contribution in [0.3, 0.4) is 0 Å². The molecule has 3 fully saturated rings. The molecular formula is C12H18O6. The third-order valence-corrected chi connectivity index (χ3v) is 3.27. The average Bonchev–Trinajstić information content (AvgIpc) is 2.81. The summed E-state index contributed by atoms with van der Waals surface area (Å²) >= 11 is 0. The predicted octanol–water partition coefficient (Wildman–Crippen LogP) is 0.583.